The van der Waals surface area contributed by atoms with Crippen LogP contribution in [0.2, 0.25) is 5.15 Å². The predicted octanol–water partition coefficient (Wildman–Crippen LogP) is 3.34. The van der Waals surface area contributed by atoms with E-state index in [4.69, 9.17) is 11.6 Å². The molecule has 0 bridgehead atoms. The lowest BCUT2D eigenvalue weighted by atomic mass is 9.92. The number of anilines is 1. The van der Waals surface area contributed by atoms with Crippen LogP contribution in [0.25, 0.3) is 0 Å². The van der Waals surface area contributed by atoms with Crippen LogP contribution < -0.4 is 4.90 Å². The van der Waals surface area contributed by atoms with E-state index in [1.54, 1.807) is 6.20 Å². The topological polar surface area (TPSA) is 54.2 Å². The van der Waals surface area contributed by atoms with E-state index in [1.165, 1.54) is 18.5 Å². The Labute approximate surface area is 165 Å². The molecule has 1 aliphatic carbocycles. The number of rotatable bonds is 3. The van der Waals surface area contributed by atoms with Crippen molar-refractivity contribution in [1.82, 2.24) is 14.8 Å². The SMILES string of the molecule is CC(O)C1CCN(c2cc(Cl)ncc2C#Cc2cnn(C)c2C2CC2)CC1. The van der Waals surface area contributed by atoms with Crippen LogP contribution in [0.3, 0.4) is 0 Å². The number of halogens is 1. The first-order valence-corrected chi connectivity index (χ1v) is 10.0. The van der Waals surface area contributed by atoms with Gasteiger partial charge in [0.1, 0.15) is 5.15 Å². The summed E-state index contributed by atoms with van der Waals surface area (Å²) in [5.41, 5.74) is 4.17. The third-order valence-electron chi connectivity index (χ3n) is 5.69. The molecule has 4 rings (SSSR count). The number of aliphatic hydroxyl groups excluding tert-OH is 1. The van der Waals surface area contributed by atoms with Crippen LogP contribution in [-0.4, -0.2) is 39.1 Å². The van der Waals surface area contributed by atoms with Crippen molar-refractivity contribution in [2.24, 2.45) is 13.0 Å². The number of nitrogens with zero attached hydrogens (tertiary/aromatic N) is 4. The van der Waals surface area contributed by atoms with E-state index in [0.717, 1.165) is 42.7 Å². The Kier molecular flexibility index (Phi) is 5.12. The molecule has 2 aliphatic rings. The van der Waals surface area contributed by atoms with Crippen molar-refractivity contribution in [2.75, 3.05) is 18.0 Å². The average molecular weight is 385 g/mol. The molecule has 6 heteroatoms. The lowest BCUT2D eigenvalue weighted by molar-refractivity contribution is 0.110. The Bertz CT molecular complexity index is 883. The molecule has 0 radical (unpaired) electrons. The Morgan fingerprint density at radius 1 is 1.15 bits per heavy atom. The number of piperidine rings is 1. The van der Waals surface area contributed by atoms with Crippen LogP contribution in [0.5, 0.6) is 0 Å². The number of aliphatic hydroxyl groups is 1. The second-order valence-corrected chi connectivity index (χ2v) is 8.07. The Morgan fingerprint density at radius 3 is 2.52 bits per heavy atom. The molecular weight excluding hydrogens is 360 g/mol. The zero-order chi connectivity index (χ0) is 19.0. The molecule has 1 aliphatic heterocycles. The van der Waals surface area contributed by atoms with E-state index >= 15 is 0 Å². The number of hydrogen-bond acceptors (Lipinski definition) is 4. The van der Waals surface area contributed by atoms with Gasteiger partial charge in [0.15, 0.2) is 0 Å². The van der Waals surface area contributed by atoms with Crippen molar-refractivity contribution in [3.05, 3.63) is 40.4 Å². The molecule has 1 unspecified atom stereocenters. The van der Waals surface area contributed by atoms with Crippen LogP contribution in [0, 0.1) is 17.8 Å². The molecule has 1 atom stereocenters. The van der Waals surface area contributed by atoms with Gasteiger partial charge in [-0.2, -0.15) is 5.10 Å². The first-order valence-electron chi connectivity index (χ1n) is 9.65. The average Bonchev–Trinajstić information content (AvgIpc) is 3.43. The fourth-order valence-corrected chi connectivity index (χ4v) is 4.07. The van der Waals surface area contributed by atoms with Gasteiger partial charge in [-0.1, -0.05) is 23.4 Å². The van der Waals surface area contributed by atoms with Crippen LogP contribution in [0.15, 0.2) is 18.5 Å². The largest absolute Gasteiger partial charge is 0.393 e. The Morgan fingerprint density at radius 2 is 1.85 bits per heavy atom. The molecule has 2 fully saturated rings. The smallest absolute Gasteiger partial charge is 0.131 e. The molecule has 0 amide bonds. The van der Waals surface area contributed by atoms with Gasteiger partial charge in [0.2, 0.25) is 0 Å². The molecule has 5 nitrogen and oxygen atoms in total. The summed E-state index contributed by atoms with van der Waals surface area (Å²) in [4.78, 5) is 6.55. The van der Waals surface area contributed by atoms with Crippen molar-refractivity contribution < 1.29 is 5.11 Å². The van der Waals surface area contributed by atoms with E-state index in [1.807, 2.05) is 30.9 Å². The first kappa shape index (κ1) is 18.3. The third kappa shape index (κ3) is 3.97. The summed E-state index contributed by atoms with van der Waals surface area (Å²) in [6.07, 6.45) is 7.76. The minimum Gasteiger partial charge on any atom is -0.393 e. The zero-order valence-electron chi connectivity index (χ0n) is 15.8. The lowest BCUT2D eigenvalue weighted by Gasteiger charge is -2.35. The molecule has 2 aromatic heterocycles. The van der Waals surface area contributed by atoms with Gasteiger partial charge in [0, 0.05) is 38.3 Å². The van der Waals surface area contributed by atoms with E-state index in [-0.39, 0.29) is 6.10 Å². The van der Waals surface area contributed by atoms with E-state index < -0.39 is 0 Å². The first-order chi connectivity index (χ1) is 13.0. The van der Waals surface area contributed by atoms with Crippen LogP contribution in [-0.2, 0) is 7.05 Å². The molecule has 1 saturated carbocycles. The highest BCUT2D eigenvalue weighted by molar-refractivity contribution is 6.29. The van der Waals surface area contributed by atoms with Gasteiger partial charge in [0.25, 0.3) is 0 Å². The van der Waals surface area contributed by atoms with Gasteiger partial charge in [0.05, 0.1) is 34.8 Å². The minimum absolute atomic E-state index is 0.251. The summed E-state index contributed by atoms with van der Waals surface area (Å²) in [5, 5.41) is 14.7. The Hall–Kier alpha value is -2.03. The number of pyridine rings is 1. The summed E-state index contributed by atoms with van der Waals surface area (Å²) in [6, 6.07) is 1.90. The molecule has 142 valence electrons. The molecule has 27 heavy (non-hydrogen) atoms. The normalized spacial score (nSPS) is 18.9. The fourth-order valence-electron chi connectivity index (χ4n) is 3.92. The standard InChI is InChI=1S/C21H25ClN4O/c1-14(27)15-7-9-26(10-8-15)19-11-20(22)23-12-17(19)5-6-18-13-24-25(2)21(18)16-3-4-16/h11-16,27H,3-4,7-10H2,1-2H3. The van der Waals surface area contributed by atoms with Crippen LogP contribution in [0.4, 0.5) is 5.69 Å². The summed E-state index contributed by atoms with van der Waals surface area (Å²) in [6.45, 7) is 3.67. The second kappa shape index (κ2) is 7.53. The van der Waals surface area contributed by atoms with Crippen LogP contribution in [0.1, 0.15) is 55.3 Å². The summed E-state index contributed by atoms with van der Waals surface area (Å²) in [5.74, 6) is 7.59. The van der Waals surface area contributed by atoms with Crippen molar-refractivity contribution in [1.29, 1.82) is 0 Å². The monoisotopic (exact) mass is 384 g/mol. The lowest BCUT2D eigenvalue weighted by Crippen LogP contribution is -2.37. The summed E-state index contributed by atoms with van der Waals surface area (Å²) in [7, 11) is 1.99. The predicted molar refractivity (Wildman–Crippen MR) is 107 cm³/mol. The van der Waals surface area contributed by atoms with Crippen molar-refractivity contribution in [3.63, 3.8) is 0 Å². The molecule has 1 N–H and O–H groups in total. The maximum atomic E-state index is 9.84. The second-order valence-electron chi connectivity index (χ2n) is 7.68. The van der Waals surface area contributed by atoms with Gasteiger partial charge >= 0.3 is 0 Å². The van der Waals surface area contributed by atoms with E-state index in [0.29, 0.717) is 17.0 Å². The van der Waals surface area contributed by atoms with Gasteiger partial charge in [-0.05, 0) is 38.5 Å². The highest BCUT2D eigenvalue weighted by Crippen LogP contribution is 2.41. The fraction of sp³-hybridized carbons (Fsp3) is 0.524. The van der Waals surface area contributed by atoms with Crippen molar-refractivity contribution in [2.45, 2.75) is 44.6 Å². The minimum atomic E-state index is -0.251. The highest BCUT2D eigenvalue weighted by Gasteiger charge is 2.29. The highest BCUT2D eigenvalue weighted by atomic mass is 35.5. The molecule has 1 saturated heterocycles. The van der Waals surface area contributed by atoms with E-state index in [9.17, 15) is 5.11 Å². The third-order valence-corrected chi connectivity index (χ3v) is 5.90. The quantitative estimate of drug-likeness (QED) is 0.651. The zero-order valence-corrected chi connectivity index (χ0v) is 16.6. The molecular formula is C21H25ClN4O. The molecule has 3 heterocycles. The van der Waals surface area contributed by atoms with Crippen molar-refractivity contribution in [3.8, 4) is 11.8 Å². The van der Waals surface area contributed by atoms with Crippen LogP contribution >= 0.6 is 11.6 Å². The molecule has 2 aromatic rings. The molecule has 0 spiro atoms. The Balaban J connectivity index is 1.60. The van der Waals surface area contributed by atoms with Gasteiger partial charge in [-0.3, -0.25) is 4.68 Å². The maximum Gasteiger partial charge on any atom is 0.131 e. The van der Waals surface area contributed by atoms with E-state index in [2.05, 4.69) is 26.8 Å². The van der Waals surface area contributed by atoms with Crippen molar-refractivity contribution >= 4 is 17.3 Å². The van der Waals surface area contributed by atoms with Gasteiger partial charge < -0.3 is 10.0 Å². The number of aromatic nitrogens is 3. The molecule has 0 aromatic carbocycles. The number of aryl methyl sites for hydroxylation is 1. The summed E-state index contributed by atoms with van der Waals surface area (Å²) < 4.78 is 1.95. The maximum absolute atomic E-state index is 9.84. The number of hydrogen-bond donors (Lipinski definition) is 1. The van der Waals surface area contributed by atoms with Gasteiger partial charge in [-0.15, -0.1) is 0 Å². The summed E-state index contributed by atoms with van der Waals surface area (Å²) >= 11 is 6.17. The van der Waals surface area contributed by atoms with Gasteiger partial charge in [-0.25, -0.2) is 4.98 Å².